The molecule has 0 radical (unpaired) electrons. The number of hydrogen-bond acceptors (Lipinski definition) is 4. The molecule has 100 valence electrons. The van der Waals surface area contributed by atoms with Crippen LogP contribution in [0.25, 0.3) is 0 Å². The average molecular weight is 287 g/mol. The summed E-state index contributed by atoms with van der Waals surface area (Å²) in [4.78, 5) is 8.10. The van der Waals surface area contributed by atoms with Crippen molar-refractivity contribution in [2.75, 3.05) is 24.8 Å². The molecule has 2 N–H and O–H groups in total. The predicted octanol–water partition coefficient (Wildman–Crippen LogP) is 0.824. The maximum Gasteiger partial charge on any atom is 0.224 e. The van der Waals surface area contributed by atoms with Crippen LogP contribution >= 0.6 is 20.2 Å². The summed E-state index contributed by atoms with van der Waals surface area (Å²) in [7, 11) is 3.00. The van der Waals surface area contributed by atoms with Gasteiger partial charge in [0.15, 0.2) is 0 Å². The fraction of sp³-hybridized carbons (Fsp3) is 0.636. The highest BCUT2D eigenvalue weighted by atomic mass is 35.5. The summed E-state index contributed by atoms with van der Waals surface area (Å²) < 4.78 is 0. The van der Waals surface area contributed by atoms with E-state index in [4.69, 9.17) is 11.6 Å². The van der Waals surface area contributed by atoms with E-state index in [9.17, 15) is 0 Å². The van der Waals surface area contributed by atoms with Crippen LogP contribution in [0.3, 0.4) is 0 Å². The van der Waals surface area contributed by atoms with Crippen LogP contribution in [0.5, 0.6) is 0 Å². The molecule has 0 aliphatic heterocycles. The molecule has 0 amide bonds. The lowest BCUT2D eigenvalue weighted by Gasteiger charge is -2.17. The highest BCUT2D eigenvalue weighted by molar-refractivity contribution is 7.36. The van der Waals surface area contributed by atoms with Crippen LogP contribution in [0.4, 0.5) is 5.82 Å². The SMILES string of the molecule is Bc1cnc(Cl)nc1NCNC(CC)CCPC. The molecule has 1 rings (SSSR count). The van der Waals surface area contributed by atoms with E-state index in [1.807, 2.05) is 7.85 Å². The minimum Gasteiger partial charge on any atom is -0.358 e. The van der Waals surface area contributed by atoms with E-state index in [-0.39, 0.29) is 5.28 Å². The minimum absolute atomic E-state index is 0.280. The molecule has 0 fully saturated rings. The monoisotopic (exact) mass is 286 g/mol. The number of halogens is 1. The van der Waals surface area contributed by atoms with Gasteiger partial charge in [-0.05, 0) is 42.7 Å². The molecule has 0 aliphatic rings. The van der Waals surface area contributed by atoms with Gasteiger partial charge in [0.1, 0.15) is 13.7 Å². The predicted molar refractivity (Wildman–Crippen MR) is 84.6 cm³/mol. The van der Waals surface area contributed by atoms with Crippen LogP contribution in [-0.4, -0.2) is 43.4 Å². The molecule has 1 aromatic rings. The highest BCUT2D eigenvalue weighted by Crippen LogP contribution is 2.08. The molecule has 0 aromatic carbocycles. The van der Waals surface area contributed by atoms with E-state index in [1.165, 1.54) is 12.6 Å². The molecule has 4 nitrogen and oxygen atoms in total. The Hall–Kier alpha value is -0.375. The number of hydrogen-bond donors (Lipinski definition) is 2. The molecule has 2 unspecified atom stereocenters. The first kappa shape index (κ1) is 15.7. The molecule has 1 heterocycles. The van der Waals surface area contributed by atoms with Gasteiger partial charge in [0.2, 0.25) is 5.28 Å². The van der Waals surface area contributed by atoms with Gasteiger partial charge in [0, 0.05) is 12.2 Å². The molecule has 0 aliphatic carbocycles. The maximum absolute atomic E-state index is 5.77. The summed E-state index contributed by atoms with van der Waals surface area (Å²) in [6.45, 7) is 5.17. The third-order valence-corrected chi connectivity index (χ3v) is 3.80. The van der Waals surface area contributed by atoms with Crippen molar-refractivity contribution in [1.82, 2.24) is 15.3 Å². The van der Waals surface area contributed by atoms with Crippen molar-refractivity contribution in [3.8, 4) is 0 Å². The van der Waals surface area contributed by atoms with E-state index < -0.39 is 0 Å². The Morgan fingerprint density at radius 2 is 2.33 bits per heavy atom. The molecule has 18 heavy (non-hydrogen) atoms. The first-order chi connectivity index (χ1) is 8.67. The van der Waals surface area contributed by atoms with Gasteiger partial charge in [-0.25, -0.2) is 9.97 Å². The summed E-state index contributed by atoms with van der Waals surface area (Å²) in [5, 5.41) is 7.02. The van der Waals surface area contributed by atoms with Crippen molar-refractivity contribution < 1.29 is 0 Å². The Morgan fingerprint density at radius 1 is 1.56 bits per heavy atom. The van der Waals surface area contributed by atoms with Gasteiger partial charge in [-0.1, -0.05) is 6.92 Å². The lowest BCUT2D eigenvalue weighted by atomic mass is 9.99. The first-order valence-electron chi connectivity index (χ1n) is 6.28. The number of anilines is 1. The molecule has 0 saturated carbocycles. The van der Waals surface area contributed by atoms with Crippen LogP contribution in [0.1, 0.15) is 19.8 Å². The van der Waals surface area contributed by atoms with Gasteiger partial charge in [0.25, 0.3) is 0 Å². The quantitative estimate of drug-likeness (QED) is 0.322. The fourth-order valence-corrected chi connectivity index (χ4v) is 2.42. The molecule has 0 saturated heterocycles. The highest BCUT2D eigenvalue weighted by Gasteiger charge is 2.05. The van der Waals surface area contributed by atoms with Gasteiger partial charge in [-0.2, -0.15) is 0 Å². The maximum atomic E-state index is 5.77. The third kappa shape index (κ3) is 5.51. The van der Waals surface area contributed by atoms with E-state index in [1.54, 1.807) is 6.20 Å². The molecule has 0 bridgehead atoms. The van der Waals surface area contributed by atoms with Crippen molar-refractivity contribution in [1.29, 1.82) is 0 Å². The lowest BCUT2D eigenvalue weighted by Crippen LogP contribution is -2.34. The van der Waals surface area contributed by atoms with Gasteiger partial charge in [0.05, 0.1) is 6.67 Å². The van der Waals surface area contributed by atoms with Crippen molar-refractivity contribution >= 4 is 39.3 Å². The largest absolute Gasteiger partial charge is 0.358 e. The van der Waals surface area contributed by atoms with Crippen LogP contribution in [0, 0.1) is 0 Å². The van der Waals surface area contributed by atoms with Crippen LogP contribution in [0.15, 0.2) is 6.20 Å². The molecule has 7 heteroatoms. The number of nitrogens with one attached hydrogen (secondary N) is 2. The lowest BCUT2D eigenvalue weighted by molar-refractivity contribution is 0.505. The van der Waals surface area contributed by atoms with Crippen LogP contribution in [-0.2, 0) is 0 Å². The molecule has 1 aromatic heterocycles. The fourth-order valence-electron chi connectivity index (χ4n) is 1.65. The number of rotatable bonds is 8. The zero-order valence-electron chi connectivity index (χ0n) is 11.3. The van der Waals surface area contributed by atoms with E-state index in [0.29, 0.717) is 12.7 Å². The van der Waals surface area contributed by atoms with Crippen molar-refractivity contribution in [2.24, 2.45) is 0 Å². The van der Waals surface area contributed by atoms with Crippen molar-refractivity contribution in [3.63, 3.8) is 0 Å². The zero-order valence-corrected chi connectivity index (χ0v) is 13.0. The molecule has 0 spiro atoms. The standard InChI is InChI=1S/C11H21BClN4P/c1-3-8(4-5-18-2)15-7-16-10-9(12)6-14-11(13)17-10/h6,8,15,18H,3-5,7,12H2,1-2H3,(H,14,16,17). The Balaban J connectivity index is 2.37. The number of aromatic nitrogens is 2. The average Bonchev–Trinajstić information content (AvgIpc) is 2.37. The van der Waals surface area contributed by atoms with Crippen LogP contribution < -0.4 is 16.1 Å². The third-order valence-electron chi connectivity index (χ3n) is 2.82. The Kier molecular flexibility index (Phi) is 7.56. The topological polar surface area (TPSA) is 49.8 Å². The van der Waals surface area contributed by atoms with Crippen molar-refractivity contribution in [2.45, 2.75) is 25.8 Å². The number of nitrogens with zero attached hydrogens (tertiary/aromatic N) is 2. The summed E-state index contributed by atoms with van der Waals surface area (Å²) in [5.41, 5.74) is 1.00. The van der Waals surface area contributed by atoms with E-state index in [2.05, 4.69) is 34.2 Å². The van der Waals surface area contributed by atoms with Gasteiger partial charge >= 0.3 is 0 Å². The smallest absolute Gasteiger partial charge is 0.224 e. The summed E-state index contributed by atoms with van der Waals surface area (Å²) >= 11 is 5.77. The summed E-state index contributed by atoms with van der Waals surface area (Å²) in [6.07, 6.45) is 5.41. The second kappa shape index (κ2) is 8.68. The molecular weight excluding hydrogens is 265 g/mol. The zero-order chi connectivity index (χ0) is 13.4. The Labute approximate surface area is 117 Å². The normalized spacial score (nSPS) is 13.1. The van der Waals surface area contributed by atoms with Gasteiger partial charge < -0.3 is 5.32 Å². The van der Waals surface area contributed by atoms with Gasteiger partial charge in [-0.3, -0.25) is 5.32 Å². The second-order valence-electron chi connectivity index (χ2n) is 4.23. The summed E-state index contributed by atoms with van der Waals surface area (Å²) in [6, 6.07) is 0.572. The second-order valence-corrected chi connectivity index (χ2v) is 5.77. The van der Waals surface area contributed by atoms with E-state index >= 15 is 0 Å². The summed E-state index contributed by atoms with van der Waals surface area (Å²) in [5.74, 6) is 0.801. The Morgan fingerprint density at radius 3 is 3.00 bits per heavy atom. The van der Waals surface area contributed by atoms with Crippen LogP contribution in [0.2, 0.25) is 5.28 Å². The molecular formula is C11H21BClN4P. The van der Waals surface area contributed by atoms with Gasteiger partial charge in [-0.15, -0.1) is 8.58 Å². The Bertz CT molecular complexity index is 367. The molecule has 2 atom stereocenters. The van der Waals surface area contributed by atoms with E-state index in [0.717, 1.165) is 26.3 Å². The minimum atomic E-state index is 0.280. The first-order valence-corrected chi connectivity index (χ1v) is 8.36. The van der Waals surface area contributed by atoms with Crippen molar-refractivity contribution in [3.05, 3.63) is 11.5 Å².